The smallest absolute Gasteiger partial charge is 0.208 e. The van der Waals surface area contributed by atoms with Crippen LogP contribution in [0.25, 0.3) is 0 Å². The zero-order valence-electron chi connectivity index (χ0n) is 14.4. The van der Waals surface area contributed by atoms with Crippen LogP contribution >= 0.6 is 0 Å². The summed E-state index contributed by atoms with van der Waals surface area (Å²) < 4.78 is 2.01. The number of fused-ring (bicyclic) bond motifs is 1. The molecule has 1 aromatic heterocycles. The van der Waals surface area contributed by atoms with Gasteiger partial charge in [0, 0.05) is 38.8 Å². The van der Waals surface area contributed by atoms with Gasteiger partial charge in [0.25, 0.3) is 0 Å². The summed E-state index contributed by atoms with van der Waals surface area (Å²) in [7, 11) is 1.98. The van der Waals surface area contributed by atoms with E-state index in [-0.39, 0.29) is 12.3 Å². The van der Waals surface area contributed by atoms with E-state index >= 15 is 0 Å². The summed E-state index contributed by atoms with van der Waals surface area (Å²) in [5, 5.41) is 3.36. The minimum absolute atomic E-state index is 0.0822. The maximum atomic E-state index is 12.8. The van der Waals surface area contributed by atoms with E-state index < -0.39 is 0 Å². The summed E-state index contributed by atoms with van der Waals surface area (Å²) in [5.41, 5.74) is 1.63. The second-order valence-corrected chi connectivity index (χ2v) is 6.38. The highest BCUT2D eigenvalue weighted by atomic mass is 16.1. The molecule has 0 spiro atoms. The van der Waals surface area contributed by atoms with Crippen molar-refractivity contribution in [1.82, 2.24) is 14.9 Å². The van der Waals surface area contributed by atoms with Crippen LogP contribution in [0, 0.1) is 0 Å². The summed E-state index contributed by atoms with van der Waals surface area (Å²) in [6, 6.07) is 9.42. The van der Waals surface area contributed by atoms with E-state index in [9.17, 15) is 4.79 Å². The van der Waals surface area contributed by atoms with Crippen LogP contribution < -0.4 is 15.1 Å². The van der Waals surface area contributed by atoms with Crippen molar-refractivity contribution in [2.75, 3.05) is 49.7 Å². The third-order valence-electron chi connectivity index (χ3n) is 4.63. The van der Waals surface area contributed by atoms with Gasteiger partial charge in [0.2, 0.25) is 5.95 Å². The summed E-state index contributed by atoms with van der Waals surface area (Å²) in [6.45, 7) is 4.48. The maximum absolute atomic E-state index is 12.8. The molecule has 4 rings (SSSR count). The van der Waals surface area contributed by atoms with Crippen molar-refractivity contribution in [3.05, 3.63) is 41.6 Å². The van der Waals surface area contributed by atoms with Gasteiger partial charge in [0.1, 0.15) is 12.4 Å². The Hall–Kier alpha value is -2.67. The van der Waals surface area contributed by atoms with Crippen molar-refractivity contribution in [3.8, 4) is 0 Å². The summed E-state index contributed by atoms with van der Waals surface area (Å²) in [4.78, 5) is 26.3. The minimum Gasteiger partial charge on any atom is -0.340 e. The number of hydrogen-bond donors (Lipinski definition) is 1. The van der Waals surface area contributed by atoms with Crippen molar-refractivity contribution in [2.45, 2.75) is 6.54 Å². The molecule has 0 amide bonds. The van der Waals surface area contributed by atoms with E-state index in [1.54, 1.807) is 0 Å². The molecule has 1 saturated heterocycles. The fourth-order valence-corrected chi connectivity index (χ4v) is 3.29. The predicted octanol–water partition coefficient (Wildman–Crippen LogP) is 1.00. The first-order valence-corrected chi connectivity index (χ1v) is 8.59. The van der Waals surface area contributed by atoms with E-state index in [0.717, 1.165) is 49.2 Å². The molecule has 130 valence electrons. The highest BCUT2D eigenvalue weighted by Gasteiger charge is 2.26. The molecule has 3 heterocycles. The number of nitrogens with zero attached hydrogens (tertiary/aromatic N) is 5. The van der Waals surface area contributed by atoms with E-state index in [2.05, 4.69) is 15.2 Å². The van der Waals surface area contributed by atoms with Gasteiger partial charge in [-0.15, -0.1) is 0 Å². The van der Waals surface area contributed by atoms with Gasteiger partial charge in [0.15, 0.2) is 11.6 Å². The number of carbonyl (C=O) groups is 1. The standard InChI is InChI=1S/C18H22N6O/c1-22-13-20-11-15-17(22)21-18(23-9-7-19-8-10-23)24(15)12-16(25)14-5-3-2-4-6-14/h2-6,11,19H,7-10,12-13H2,1H3. The lowest BCUT2D eigenvalue weighted by atomic mass is 10.1. The molecule has 2 aromatic rings. The molecule has 1 N–H and O–H groups in total. The van der Waals surface area contributed by atoms with Crippen molar-refractivity contribution >= 4 is 23.8 Å². The van der Waals surface area contributed by atoms with Crippen LogP contribution in [-0.4, -0.2) is 61.4 Å². The fourth-order valence-electron chi connectivity index (χ4n) is 3.29. The van der Waals surface area contributed by atoms with Crippen LogP contribution in [-0.2, 0) is 6.54 Å². The molecule has 1 aromatic carbocycles. The van der Waals surface area contributed by atoms with Crippen LogP contribution in [0.4, 0.5) is 11.8 Å². The van der Waals surface area contributed by atoms with Crippen molar-refractivity contribution in [1.29, 1.82) is 0 Å². The Labute approximate surface area is 147 Å². The number of anilines is 2. The van der Waals surface area contributed by atoms with E-state index in [1.165, 1.54) is 0 Å². The number of aliphatic imine (C=N–C) groups is 1. The lowest BCUT2D eigenvalue weighted by molar-refractivity contribution is 0.0972. The summed E-state index contributed by atoms with van der Waals surface area (Å²) >= 11 is 0. The van der Waals surface area contributed by atoms with Gasteiger partial charge in [-0.1, -0.05) is 30.3 Å². The molecule has 0 radical (unpaired) electrons. The first kappa shape index (κ1) is 15.8. The van der Waals surface area contributed by atoms with Crippen LogP contribution in [0.2, 0.25) is 0 Å². The largest absolute Gasteiger partial charge is 0.340 e. The highest BCUT2D eigenvalue weighted by molar-refractivity contribution is 5.97. The van der Waals surface area contributed by atoms with E-state index in [0.29, 0.717) is 6.67 Å². The number of carbonyl (C=O) groups excluding carboxylic acids is 1. The molecule has 7 nitrogen and oxygen atoms in total. The third-order valence-corrected chi connectivity index (χ3v) is 4.63. The number of hydrogen-bond acceptors (Lipinski definition) is 6. The lowest BCUT2D eigenvalue weighted by Gasteiger charge is -2.28. The minimum atomic E-state index is 0.0822. The molecule has 2 aliphatic rings. The Kier molecular flexibility index (Phi) is 4.23. The molecule has 1 fully saturated rings. The van der Waals surface area contributed by atoms with Crippen LogP contribution in [0.3, 0.4) is 0 Å². The second-order valence-electron chi connectivity index (χ2n) is 6.38. The summed E-state index contributed by atoms with van der Waals surface area (Å²) in [5.74, 6) is 1.83. The molecule has 0 bridgehead atoms. The fraction of sp³-hybridized carbons (Fsp3) is 0.389. The lowest BCUT2D eigenvalue weighted by Crippen LogP contribution is -2.44. The van der Waals surface area contributed by atoms with Crippen LogP contribution in [0.15, 0.2) is 35.3 Å². The molecule has 0 unspecified atom stereocenters. The highest BCUT2D eigenvalue weighted by Crippen LogP contribution is 2.27. The number of aromatic nitrogens is 2. The van der Waals surface area contributed by atoms with Crippen molar-refractivity contribution in [2.24, 2.45) is 4.99 Å². The first-order chi connectivity index (χ1) is 12.2. The number of piperazine rings is 1. The zero-order valence-corrected chi connectivity index (χ0v) is 14.4. The normalized spacial score (nSPS) is 16.8. The average molecular weight is 338 g/mol. The van der Waals surface area contributed by atoms with Gasteiger partial charge in [0.05, 0.1) is 12.8 Å². The number of Topliss-reactive ketones (excluding diaryl/α,β-unsaturated/α-hetero) is 1. The van der Waals surface area contributed by atoms with Gasteiger partial charge in [-0.3, -0.25) is 14.4 Å². The predicted molar refractivity (Wildman–Crippen MR) is 98.9 cm³/mol. The molecule has 25 heavy (non-hydrogen) atoms. The van der Waals surface area contributed by atoms with Gasteiger partial charge < -0.3 is 15.1 Å². The molecular formula is C18H22N6O. The topological polar surface area (TPSA) is 65.8 Å². The molecule has 2 aliphatic heterocycles. The molecule has 0 atom stereocenters. The average Bonchev–Trinajstić information content (AvgIpc) is 3.03. The maximum Gasteiger partial charge on any atom is 0.208 e. The molecule has 7 heteroatoms. The Morgan fingerprint density at radius 1 is 1.20 bits per heavy atom. The third kappa shape index (κ3) is 3.02. The van der Waals surface area contributed by atoms with Crippen molar-refractivity contribution in [3.63, 3.8) is 0 Å². The number of imidazole rings is 1. The van der Waals surface area contributed by atoms with Gasteiger partial charge >= 0.3 is 0 Å². The zero-order chi connectivity index (χ0) is 17.2. The monoisotopic (exact) mass is 338 g/mol. The number of rotatable bonds is 4. The SMILES string of the molecule is CN1CN=Cc2c1nc(N1CCNCC1)n2CC(=O)c1ccccc1. The molecular weight excluding hydrogens is 316 g/mol. The quantitative estimate of drug-likeness (QED) is 0.843. The Balaban J connectivity index is 1.72. The number of nitrogens with one attached hydrogen (secondary N) is 1. The Morgan fingerprint density at radius 3 is 2.72 bits per heavy atom. The van der Waals surface area contributed by atoms with Crippen molar-refractivity contribution < 1.29 is 4.79 Å². The van der Waals surface area contributed by atoms with E-state index in [4.69, 9.17) is 4.98 Å². The number of ketones is 1. The van der Waals surface area contributed by atoms with Gasteiger partial charge in [-0.05, 0) is 0 Å². The van der Waals surface area contributed by atoms with E-state index in [1.807, 2.05) is 53.1 Å². The first-order valence-electron chi connectivity index (χ1n) is 8.59. The molecule has 0 saturated carbocycles. The number of benzene rings is 1. The van der Waals surface area contributed by atoms with Gasteiger partial charge in [-0.2, -0.15) is 4.98 Å². The van der Waals surface area contributed by atoms with Crippen LogP contribution in [0.1, 0.15) is 16.1 Å². The summed E-state index contributed by atoms with van der Waals surface area (Å²) in [6.07, 6.45) is 1.84. The Bertz CT molecular complexity index is 791. The van der Waals surface area contributed by atoms with Crippen LogP contribution in [0.5, 0.6) is 0 Å². The van der Waals surface area contributed by atoms with Gasteiger partial charge in [-0.25, -0.2) is 0 Å². The molecule has 0 aliphatic carbocycles. The second kappa shape index (κ2) is 6.68. The Morgan fingerprint density at radius 2 is 1.96 bits per heavy atom.